The minimum Gasteiger partial charge on any atom is -0.484 e. The maximum absolute atomic E-state index is 12.3. The summed E-state index contributed by atoms with van der Waals surface area (Å²) < 4.78 is 5.35. The van der Waals surface area contributed by atoms with E-state index < -0.39 is 11.8 Å². The average Bonchev–Trinajstić information content (AvgIpc) is 2.80. The second-order valence-electron chi connectivity index (χ2n) is 7.29. The van der Waals surface area contributed by atoms with Crippen molar-refractivity contribution >= 4 is 29.4 Å². The first-order chi connectivity index (χ1) is 15.8. The van der Waals surface area contributed by atoms with Crippen LogP contribution >= 0.6 is 11.8 Å². The number of aromatic nitrogens is 2. The van der Waals surface area contributed by atoms with Crippen molar-refractivity contribution in [3.63, 3.8) is 0 Å². The lowest BCUT2D eigenvalue weighted by Gasteiger charge is -2.09. The normalized spacial score (nSPS) is 10.4. The highest BCUT2D eigenvalue weighted by Gasteiger charge is 2.09. The van der Waals surface area contributed by atoms with Crippen molar-refractivity contribution in [2.24, 2.45) is 0 Å². The van der Waals surface area contributed by atoms with Gasteiger partial charge in [-0.25, -0.2) is 9.97 Å². The van der Waals surface area contributed by atoms with E-state index in [1.54, 1.807) is 36.4 Å². The number of rotatable bonds is 8. The van der Waals surface area contributed by atoms with E-state index in [-0.39, 0.29) is 12.4 Å². The molecule has 1 heterocycles. The summed E-state index contributed by atoms with van der Waals surface area (Å²) in [4.78, 5) is 44.3. The third kappa shape index (κ3) is 7.43. The molecule has 0 fully saturated rings. The third-order valence-corrected chi connectivity index (χ3v) is 5.41. The Kier molecular flexibility index (Phi) is 8.15. The van der Waals surface area contributed by atoms with E-state index in [0.717, 1.165) is 17.0 Å². The molecule has 0 aliphatic carbocycles. The molecular weight excluding hydrogens is 440 g/mol. The number of ketones is 1. The number of carbonyl (C=O) groups is 3. The summed E-state index contributed by atoms with van der Waals surface area (Å²) in [6, 6.07) is 15.4. The molecule has 0 spiro atoms. The summed E-state index contributed by atoms with van der Waals surface area (Å²) in [7, 11) is 0. The molecule has 3 rings (SSSR count). The summed E-state index contributed by atoms with van der Waals surface area (Å²) in [6.07, 6.45) is 0. The first-order valence-electron chi connectivity index (χ1n) is 10.2. The van der Waals surface area contributed by atoms with Crippen molar-refractivity contribution in [3.8, 4) is 5.75 Å². The van der Waals surface area contributed by atoms with Crippen molar-refractivity contribution in [1.82, 2.24) is 20.8 Å². The molecule has 0 saturated heterocycles. The van der Waals surface area contributed by atoms with E-state index in [1.165, 1.54) is 18.7 Å². The number of hydrogen-bond donors (Lipinski definition) is 2. The fraction of sp³-hybridized carbons (Fsp3) is 0.208. The Morgan fingerprint density at radius 2 is 1.48 bits per heavy atom. The van der Waals surface area contributed by atoms with Gasteiger partial charge in [0.05, 0.1) is 0 Å². The molecule has 2 N–H and O–H groups in total. The lowest BCUT2D eigenvalue weighted by molar-refractivity contribution is -0.123. The van der Waals surface area contributed by atoms with Gasteiger partial charge in [0.15, 0.2) is 17.5 Å². The zero-order valence-electron chi connectivity index (χ0n) is 18.5. The summed E-state index contributed by atoms with van der Waals surface area (Å²) in [6.45, 7) is 5.06. The number of nitrogens with one attached hydrogen (secondary N) is 2. The Balaban J connectivity index is 1.43. The number of hydrogen-bond acceptors (Lipinski definition) is 7. The number of Topliss-reactive ketones (excluding diaryl/α,β-unsaturated/α-hetero) is 1. The molecule has 0 aliphatic heterocycles. The van der Waals surface area contributed by atoms with Gasteiger partial charge in [-0.2, -0.15) is 0 Å². The molecule has 170 valence electrons. The molecule has 8 nitrogen and oxygen atoms in total. The van der Waals surface area contributed by atoms with Crippen LogP contribution in [0.4, 0.5) is 0 Å². The van der Waals surface area contributed by atoms with Crippen LogP contribution in [0.5, 0.6) is 5.75 Å². The average molecular weight is 465 g/mol. The van der Waals surface area contributed by atoms with Crippen LogP contribution in [0, 0.1) is 13.8 Å². The van der Waals surface area contributed by atoms with Gasteiger partial charge in [-0.3, -0.25) is 25.2 Å². The first kappa shape index (κ1) is 23.9. The molecule has 0 unspecified atom stereocenters. The number of nitrogens with zero attached hydrogens (tertiary/aromatic N) is 2. The summed E-state index contributed by atoms with van der Waals surface area (Å²) in [5, 5.41) is 0.717. The molecule has 2 aromatic carbocycles. The number of hydrazine groups is 1. The summed E-state index contributed by atoms with van der Waals surface area (Å²) >= 11 is 1.53. The van der Waals surface area contributed by atoms with Crippen LogP contribution in [0.3, 0.4) is 0 Å². The Labute approximate surface area is 196 Å². The fourth-order valence-corrected chi connectivity index (χ4v) is 3.73. The fourth-order valence-electron chi connectivity index (χ4n) is 2.83. The predicted molar refractivity (Wildman–Crippen MR) is 125 cm³/mol. The largest absolute Gasteiger partial charge is 0.484 e. The Bertz CT molecular complexity index is 1130. The van der Waals surface area contributed by atoms with Gasteiger partial charge in [-0.05, 0) is 68.8 Å². The molecule has 1 aromatic heterocycles. The van der Waals surface area contributed by atoms with Gasteiger partial charge >= 0.3 is 0 Å². The maximum Gasteiger partial charge on any atom is 0.276 e. The van der Waals surface area contributed by atoms with E-state index in [2.05, 4.69) is 20.8 Å². The van der Waals surface area contributed by atoms with E-state index in [0.29, 0.717) is 27.8 Å². The topological polar surface area (TPSA) is 110 Å². The molecule has 0 saturated carbocycles. The minimum atomic E-state index is -0.513. The van der Waals surface area contributed by atoms with Crippen molar-refractivity contribution in [2.75, 3.05) is 6.61 Å². The highest BCUT2D eigenvalue weighted by molar-refractivity contribution is 7.98. The van der Waals surface area contributed by atoms with Gasteiger partial charge in [0.2, 0.25) is 0 Å². The molecule has 3 aromatic rings. The zero-order chi connectivity index (χ0) is 23.8. The molecule has 0 bridgehead atoms. The Morgan fingerprint density at radius 3 is 2.09 bits per heavy atom. The number of amides is 2. The van der Waals surface area contributed by atoms with E-state index in [1.807, 2.05) is 32.0 Å². The van der Waals surface area contributed by atoms with Gasteiger partial charge in [0.25, 0.3) is 11.8 Å². The number of benzene rings is 2. The quantitative estimate of drug-likeness (QED) is 0.227. The number of carbonyl (C=O) groups excluding carboxylic acids is 3. The van der Waals surface area contributed by atoms with Crippen LogP contribution < -0.4 is 15.6 Å². The standard InChI is InChI=1S/C24H24N4O4S/c1-15-12-16(2)26-24(25-15)33-14-18-4-6-20(7-5-18)23(31)28-27-22(30)13-32-21-10-8-19(9-11-21)17(3)29/h4-12H,13-14H2,1-3H3,(H,27,30)(H,28,31). The van der Waals surface area contributed by atoms with Crippen LogP contribution in [0.25, 0.3) is 0 Å². The second-order valence-corrected chi connectivity index (χ2v) is 8.23. The van der Waals surface area contributed by atoms with Crippen molar-refractivity contribution in [1.29, 1.82) is 0 Å². The SMILES string of the molecule is CC(=O)c1ccc(OCC(=O)NNC(=O)c2ccc(CSc3nc(C)cc(C)n3)cc2)cc1. The smallest absolute Gasteiger partial charge is 0.276 e. The lowest BCUT2D eigenvalue weighted by Crippen LogP contribution is -2.43. The number of ether oxygens (including phenoxy) is 1. The van der Waals surface area contributed by atoms with Crippen LogP contribution in [0.1, 0.15) is 44.6 Å². The van der Waals surface area contributed by atoms with Gasteiger partial charge < -0.3 is 4.74 Å². The zero-order valence-corrected chi connectivity index (χ0v) is 19.4. The molecular formula is C24H24N4O4S. The molecule has 2 amide bonds. The number of thioether (sulfide) groups is 1. The highest BCUT2D eigenvalue weighted by atomic mass is 32.2. The van der Waals surface area contributed by atoms with Crippen molar-refractivity contribution < 1.29 is 19.1 Å². The van der Waals surface area contributed by atoms with Gasteiger partial charge in [0.1, 0.15) is 5.75 Å². The number of aryl methyl sites for hydroxylation is 2. The molecule has 33 heavy (non-hydrogen) atoms. The third-order valence-electron chi connectivity index (χ3n) is 4.49. The summed E-state index contributed by atoms with van der Waals surface area (Å²) in [5.74, 6) is 0.114. The second kappa shape index (κ2) is 11.2. The lowest BCUT2D eigenvalue weighted by atomic mass is 10.1. The van der Waals surface area contributed by atoms with Crippen LogP contribution in [0.15, 0.2) is 59.8 Å². The van der Waals surface area contributed by atoms with Gasteiger partial charge in [0, 0.05) is 28.3 Å². The maximum atomic E-state index is 12.3. The summed E-state index contributed by atoms with van der Waals surface area (Å²) in [5.41, 5.74) is 8.52. The minimum absolute atomic E-state index is 0.0517. The van der Waals surface area contributed by atoms with Crippen LogP contribution in [0.2, 0.25) is 0 Å². The predicted octanol–water partition coefficient (Wildman–Crippen LogP) is 3.43. The van der Waals surface area contributed by atoms with Gasteiger partial charge in [-0.1, -0.05) is 23.9 Å². The van der Waals surface area contributed by atoms with Crippen LogP contribution in [-0.4, -0.2) is 34.2 Å². The van der Waals surface area contributed by atoms with E-state index in [4.69, 9.17) is 4.74 Å². The molecule has 9 heteroatoms. The van der Waals surface area contributed by atoms with Crippen molar-refractivity contribution in [2.45, 2.75) is 31.7 Å². The van der Waals surface area contributed by atoms with E-state index in [9.17, 15) is 14.4 Å². The van der Waals surface area contributed by atoms with Crippen LogP contribution in [-0.2, 0) is 10.5 Å². The molecule has 0 atom stereocenters. The monoisotopic (exact) mass is 464 g/mol. The molecule has 0 radical (unpaired) electrons. The highest BCUT2D eigenvalue weighted by Crippen LogP contribution is 2.20. The van der Waals surface area contributed by atoms with Crippen molar-refractivity contribution in [3.05, 3.63) is 82.7 Å². The van der Waals surface area contributed by atoms with E-state index >= 15 is 0 Å². The first-order valence-corrected chi connectivity index (χ1v) is 11.2. The van der Waals surface area contributed by atoms with Gasteiger partial charge in [-0.15, -0.1) is 0 Å². The molecule has 0 aliphatic rings. The Morgan fingerprint density at radius 1 is 0.879 bits per heavy atom. The Hall–Kier alpha value is -3.72.